The highest BCUT2D eigenvalue weighted by Crippen LogP contribution is 2.21. The Kier molecular flexibility index (Phi) is 5.92. The Bertz CT molecular complexity index is 967. The van der Waals surface area contributed by atoms with E-state index in [1.54, 1.807) is 0 Å². The standard InChI is InChI=1S/C22H28N4S/c1-16(2)19-12-10-18(11-13-19)14-24(4)15-26-22(27)25(5)21(23-26)20-9-7-6-8-17(20)3/h6-13,16H,14-15H2,1-5H3/p+1. The zero-order chi connectivity index (χ0) is 19.6. The molecule has 0 aliphatic rings. The molecule has 2 aromatic carbocycles. The smallest absolute Gasteiger partial charge is 0.202 e. The molecule has 0 saturated heterocycles. The second kappa shape index (κ2) is 8.19. The first kappa shape index (κ1) is 19.5. The molecule has 0 radical (unpaired) electrons. The van der Waals surface area contributed by atoms with E-state index in [2.05, 4.69) is 64.2 Å². The minimum Gasteiger partial charge on any atom is -0.315 e. The van der Waals surface area contributed by atoms with Crippen molar-refractivity contribution < 1.29 is 4.90 Å². The van der Waals surface area contributed by atoms with Gasteiger partial charge in [0.05, 0.1) is 7.05 Å². The Morgan fingerprint density at radius 1 is 1.07 bits per heavy atom. The number of benzene rings is 2. The van der Waals surface area contributed by atoms with Crippen LogP contribution >= 0.6 is 12.2 Å². The predicted molar refractivity (Wildman–Crippen MR) is 113 cm³/mol. The molecule has 3 aromatic rings. The van der Waals surface area contributed by atoms with Crippen molar-refractivity contribution in [1.29, 1.82) is 0 Å². The summed E-state index contributed by atoms with van der Waals surface area (Å²) < 4.78 is 4.69. The van der Waals surface area contributed by atoms with Gasteiger partial charge in [0.15, 0.2) is 12.5 Å². The van der Waals surface area contributed by atoms with Crippen molar-refractivity contribution in [3.8, 4) is 11.4 Å². The van der Waals surface area contributed by atoms with Gasteiger partial charge in [-0.25, -0.2) is 0 Å². The van der Waals surface area contributed by atoms with E-state index in [0.29, 0.717) is 5.92 Å². The van der Waals surface area contributed by atoms with Crippen molar-refractivity contribution in [3.05, 3.63) is 70.0 Å². The van der Waals surface area contributed by atoms with Gasteiger partial charge in [-0.1, -0.05) is 62.4 Å². The van der Waals surface area contributed by atoms with E-state index < -0.39 is 0 Å². The Morgan fingerprint density at radius 2 is 1.74 bits per heavy atom. The Labute approximate surface area is 167 Å². The highest BCUT2D eigenvalue weighted by molar-refractivity contribution is 7.71. The lowest BCUT2D eigenvalue weighted by atomic mass is 10.0. The maximum absolute atomic E-state index is 5.64. The summed E-state index contributed by atoms with van der Waals surface area (Å²) in [6, 6.07) is 17.2. The van der Waals surface area contributed by atoms with Crippen LogP contribution in [-0.4, -0.2) is 21.4 Å². The van der Waals surface area contributed by atoms with Crippen molar-refractivity contribution in [1.82, 2.24) is 14.3 Å². The summed E-state index contributed by atoms with van der Waals surface area (Å²) in [7, 11) is 4.17. The summed E-state index contributed by atoms with van der Waals surface area (Å²) in [5.41, 5.74) is 5.05. The molecule has 0 aliphatic carbocycles. The summed E-state index contributed by atoms with van der Waals surface area (Å²) in [4.78, 5) is 1.35. The van der Waals surface area contributed by atoms with Crippen LogP contribution in [-0.2, 0) is 20.3 Å². The molecule has 142 valence electrons. The number of quaternary nitrogens is 1. The van der Waals surface area contributed by atoms with E-state index >= 15 is 0 Å². The van der Waals surface area contributed by atoms with Gasteiger partial charge >= 0.3 is 0 Å². The van der Waals surface area contributed by atoms with Gasteiger partial charge in [0.25, 0.3) is 0 Å². The minimum atomic E-state index is 0.566. The summed E-state index contributed by atoms with van der Waals surface area (Å²) >= 11 is 5.64. The number of hydrogen-bond acceptors (Lipinski definition) is 2. The Balaban J connectivity index is 1.77. The van der Waals surface area contributed by atoms with Gasteiger partial charge in [-0.05, 0) is 36.2 Å². The lowest BCUT2D eigenvalue weighted by molar-refractivity contribution is -0.917. The van der Waals surface area contributed by atoms with E-state index in [9.17, 15) is 0 Å². The largest absolute Gasteiger partial charge is 0.315 e. The van der Waals surface area contributed by atoms with Crippen molar-refractivity contribution in [2.24, 2.45) is 7.05 Å². The normalized spacial score (nSPS) is 12.5. The molecule has 0 spiro atoms. The second-order valence-corrected chi connectivity index (χ2v) is 8.03. The first-order chi connectivity index (χ1) is 12.9. The van der Waals surface area contributed by atoms with Gasteiger partial charge in [0, 0.05) is 18.2 Å². The molecule has 0 fully saturated rings. The fraction of sp³-hybridized carbons (Fsp3) is 0.364. The van der Waals surface area contributed by atoms with Gasteiger partial charge in [0.1, 0.15) is 6.54 Å². The van der Waals surface area contributed by atoms with Crippen molar-refractivity contribution >= 4 is 12.2 Å². The molecular weight excluding hydrogens is 352 g/mol. The summed E-state index contributed by atoms with van der Waals surface area (Å²) in [6.07, 6.45) is 0. The van der Waals surface area contributed by atoms with Crippen molar-refractivity contribution in [2.75, 3.05) is 7.05 Å². The average Bonchev–Trinajstić information content (AvgIpc) is 2.91. The van der Waals surface area contributed by atoms with Crippen LogP contribution in [0, 0.1) is 11.7 Å². The highest BCUT2D eigenvalue weighted by Gasteiger charge is 2.14. The zero-order valence-electron chi connectivity index (χ0n) is 16.9. The molecule has 1 atom stereocenters. The highest BCUT2D eigenvalue weighted by atomic mass is 32.1. The summed E-state index contributed by atoms with van der Waals surface area (Å²) in [6.45, 7) is 8.24. The molecule has 0 aliphatic heterocycles. The van der Waals surface area contributed by atoms with Crippen LogP contribution in [0.3, 0.4) is 0 Å². The molecular formula is C22H29N4S+. The van der Waals surface area contributed by atoms with Crippen LogP contribution in [0.1, 0.15) is 36.5 Å². The molecule has 1 heterocycles. The fourth-order valence-corrected chi connectivity index (χ4v) is 3.52. The monoisotopic (exact) mass is 381 g/mol. The van der Waals surface area contributed by atoms with Crippen molar-refractivity contribution in [2.45, 2.75) is 39.9 Å². The van der Waals surface area contributed by atoms with Crippen LogP contribution in [0.5, 0.6) is 0 Å². The number of hydrogen-bond donors (Lipinski definition) is 1. The first-order valence-electron chi connectivity index (χ1n) is 9.46. The van der Waals surface area contributed by atoms with Crippen LogP contribution < -0.4 is 4.90 Å². The van der Waals surface area contributed by atoms with Gasteiger partial charge in [-0.2, -0.15) is 4.68 Å². The topological polar surface area (TPSA) is 27.2 Å². The molecule has 1 aromatic heterocycles. The lowest BCUT2D eigenvalue weighted by Gasteiger charge is -2.14. The van der Waals surface area contributed by atoms with Crippen LogP contribution in [0.4, 0.5) is 0 Å². The molecule has 0 bridgehead atoms. The first-order valence-corrected chi connectivity index (χ1v) is 9.87. The van der Waals surface area contributed by atoms with E-state index in [1.165, 1.54) is 21.6 Å². The van der Waals surface area contributed by atoms with Gasteiger partial charge in [-0.3, -0.25) is 0 Å². The zero-order valence-corrected chi connectivity index (χ0v) is 17.7. The molecule has 27 heavy (non-hydrogen) atoms. The Hall–Kier alpha value is -2.24. The maximum Gasteiger partial charge on any atom is 0.202 e. The molecule has 1 N–H and O–H groups in total. The quantitative estimate of drug-likeness (QED) is 0.659. The van der Waals surface area contributed by atoms with E-state index in [-0.39, 0.29) is 0 Å². The number of rotatable bonds is 6. The van der Waals surface area contributed by atoms with Crippen LogP contribution in [0.2, 0.25) is 0 Å². The number of aromatic nitrogens is 3. The fourth-order valence-electron chi connectivity index (χ4n) is 3.33. The van der Waals surface area contributed by atoms with E-state index in [4.69, 9.17) is 17.3 Å². The number of nitrogens with one attached hydrogen (secondary N) is 1. The predicted octanol–water partition coefficient (Wildman–Crippen LogP) is 3.72. The van der Waals surface area contributed by atoms with Gasteiger partial charge in [0.2, 0.25) is 4.77 Å². The second-order valence-electron chi connectivity index (χ2n) is 7.67. The number of nitrogens with zero attached hydrogens (tertiary/aromatic N) is 3. The maximum atomic E-state index is 5.64. The third kappa shape index (κ3) is 4.37. The molecule has 0 saturated carbocycles. The molecule has 3 rings (SSSR count). The van der Waals surface area contributed by atoms with Gasteiger partial charge in [-0.15, -0.1) is 5.10 Å². The van der Waals surface area contributed by atoms with E-state index in [1.807, 2.05) is 28.4 Å². The summed E-state index contributed by atoms with van der Waals surface area (Å²) in [5, 5.41) is 4.81. The minimum absolute atomic E-state index is 0.566. The summed E-state index contributed by atoms with van der Waals surface area (Å²) in [5.74, 6) is 1.49. The molecule has 5 heteroatoms. The molecule has 0 amide bonds. The Morgan fingerprint density at radius 3 is 2.37 bits per heavy atom. The van der Waals surface area contributed by atoms with Gasteiger partial charge < -0.3 is 9.47 Å². The molecule has 4 nitrogen and oxygen atoms in total. The third-order valence-corrected chi connectivity index (χ3v) is 5.48. The number of aryl methyl sites for hydroxylation is 1. The van der Waals surface area contributed by atoms with Crippen LogP contribution in [0.25, 0.3) is 11.4 Å². The third-order valence-electron chi connectivity index (χ3n) is 5.00. The van der Waals surface area contributed by atoms with Crippen molar-refractivity contribution in [3.63, 3.8) is 0 Å². The van der Waals surface area contributed by atoms with Crippen LogP contribution in [0.15, 0.2) is 48.5 Å². The van der Waals surface area contributed by atoms with E-state index in [0.717, 1.165) is 29.4 Å². The average molecular weight is 382 g/mol. The lowest BCUT2D eigenvalue weighted by Crippen LogP contribution is -3.07. The molecule has 1 unspecified atom stereocenters. The SMILES string of the molecule is Cc1ccccc1-c1nn(C[NH+](C)Cc2ccc(C(C)C)cc2)c(=S)n1C.